The first kappa shape index (κ1) is 15.6. The van der Waals surface area contributed by atoms with E-state index in [0.717, 1.165) is 22.9 Å². The van der Waals surface area contributed by atoms with Crippen molar-refractivity contribution in [3.05, 3.63) is 65.7 Å². The molecule has 128 valence electrons. The minimum absolute atomic E-state index is 0.0233. The van der Waals surface area contributed by atoms with Gasteiger partial charge in [-0.15, -0.1) is 0 Å². The molecular formula is C19H20FN5. The van der Waals surface area contributed by atoms with Crippen LogP contribution in [0.1, 0.15) is 43.0 Å². The smallest absolute Gasteiger partial charge is 0.152 e. The van der Waals surface area contributed by atoms with Gasteiger partial charge in [-0.1, -0.05) is 12.1 Å². The number of pyridine rings is 1. The SMILES string of the molecule is C[C@H](Nc1cc(Nc2cc(C3CC3)[nH]n2)ccn1)c1ccc(F)cc1. The molecule has 0 amide bonds. The van der Waals surface area contributed by atoms with E-state index in [1.165, 1.54) is 30.7 Å². The van der Waals surface area contributed by atoms with E-state index in [-0.39, 0.29) is 11.9 Å². The van der Waals surface area contributed by atoms with E-state index in [0.29, 0.717) is 5.92 Å². The van der Waals surface area contributed by atoms with Crippen LogP contribution in [0.15, 0.2) is 48.7 Å². The van der Waals surface area contributed by atoms with Crippen molar-refractivity contribution < 1.29 is 4.39 Å². The third-order valence-electron chi connectivity index (χ3n) is 4.38. The van der Waals surface area contributed by atoms with Crippen LogP contribution in [0.5, 0.6) is 0 Å². The van der Waals surface area contributed by atoms with Gasteiger partial charge in [0.05, 0.1) is 0 Å². The van der Waals surface area contributed by atoms with Gasteiger partial charge in [0.25, 0.3) is 0 Å². The fourth-order valence-corrected chi connectivity index (χ4v) is 2.80. The third kappa shape index (κ3) is 3.79. The maximum absolute atomic E-state index is 13.0. The van der Waals surface area contributed by atoms with Gasteiger partial charge in [-0.2, -0.15) is 5.10 Å². The Balaban J connectivity index is 1.44. The van der Waals surface area contributed by atoms with Crippen LogP contribution in [0.4, 0.5) is 21.7 Å². The van der Waals surface area contributed by atoms with Crippen molar-refractivity contribution in [1.29, 1.82) is 0 Å². The maximum Gasteiger partial charge on any atom is 0.152 e. The summed E-state index contributed by atoms with van der Waals surface area (Å²) in [5.41, 5.74) is 3.11. The van der Waals surface area contributed by atoms with E-state index in [2.05, 4.69) is 31.9 Å². The molecule has 1 aromatic carbocycles. The van der Waals surface area contributed by atoms with Gasteiger partial charge in [0.1, 0.15) is 11.6 Å². The molecule has 6 heteroatoms. The average Bonchev–Trinajstić information content (AvgIpc) is 3.36. The molecule has 1 fully saturated rings. The largest absolute Gasteiger partial charge is 0.363 e. The van der Waals surface area contributed by atoms with Gasteiger partial charge < -0.3 is 10.6 Å². The Bertz CT molecular complexity index is 854. The lowest BCUT2D eigenvalue weighted by atomic mass is 10.1. The summed E-state index contributed by atoms with van der Waals surface area (Å²) in [6.07, 6.45) is 4.23. The zero-order valence-electron chi connectivity index (χ0n) is 14.0. The predicted molar refractivity (Wildman–Crippen MR) is 96.5 cm³/mol. The summed E-state index contributed by atoms with van der Waals surface area (Å²) in [6.45, 7) is 2.02. The monoisotopic (exact) mass is 337 g/mol. The molecule has 1 aliphatic carbocycles. The topological polar surface area (TPSA) is 65.6 Å². The molecule has 2 heterocycles. The summed E-state index contributed by atoms with van der Waals surface area (Å²) < 4.78 is 13.0. The number of hydrogen-bond donors (Lipinski definition) is 3. The molecule has 0 aliphatic heterocycles. The first-order valence-corrected chi connectivity index (χ1v) is 8.48. The van der Waals surface area contributed by atoms with Crippen LogP contribution in [0.3, 0.4) is 0 Å². The molecule has 0 radical (unpaired) electrons. The lowest BCUT2D eigenvalue weighted by Gasteiger charge is -2.15. The Morgan fingerprint density at radius 3 is 2.68 bits per heavy atom. The Kier molecular flexibility index (Phi) is 4.09. The van der Waals surface area contributed by atoms with Crippen LogP contribution < -0.4 is 10.6 Å². The van der Waals surface area contributed by atoms with E-state index in [1.807, 2.05) is 19.1 Å². The second-order valence-electron chi connectivity index (χ2n) is 6.46. The highest BCUT2D eigenvalue weighted by atomic mass is 19.1. The quantitative estimate of drug-likeness (QED) is 0.608. The van der Waals surface area contributed by atoms with Crippen LogP contribution in [0, 0.1) is 5.82 Å². The Morgan fingerprint density at radius 2 is 1.92 bits per heavy atom. The average molecular weight is 337 g/mol. The molecule has 1 atom stereocenters. The van der Waals surface area contributed by atoms with Gasteiger partial charge in [-0.25, -0.2) is 9.37 Å². The highest BCUT2D eigenvalue weighted by Gasteiger charge is 2.25. The molecule has 0 saturated heterocycles. The van der Waals surface area contributed by atoms with Crippen molar-refractivity contribution in [3.63, 3.8) is 0 Å². The number of rotatable bonds is 6. The highest BCUT2D eigenvalue weighted by Crippen LogP contribution is 2.39. The standard InChI is InChI=1S/C19H20FN5/c1-12(13-4-6-15(20)7-5-13)22-18-10-16(8-9-21-18)23-19-11-17(24-25-19)14-2-3-14/h4-12,14H,2-3H2,1H3,(H3,21,22,23,24,25)/t12-/m0/s1. The lowest BCUT2D eigenvalue weighted by molar-refractivity contribution is 0.626. The molecule has 3 N–H and O–H groups in total. The predicted octanol–water partition coefficient (Wildman–Crippen LogP) is 4.74. The molecule has 1 saturated carbocycles. The van der Waals surface area contributed by atoms with Crippen molar-refractivity contribution in [2.45, 2.75) is 31.7 Å². The Labute approximate surface area is 145 Å². The molecule has 25 heavy (non-hydrogen) atoms. The fraction of sp³-hybridized carbons (Fsp3) is 0.263. The molecule has 0 unspecified atom stereocenters. The van der Waals surface area contributed by atoms with Crippen LogP contribution in [0.25, 0.3) is 0 Å². The van der Waals surface area contributed by atoms with Gasteiger partial charge in [0, 0.05) is 41.7 Å². The third-order valence-corrected chi connectivity index (χ3v) is 4.38. The van der Waals surface area contributed by atoms with Gasteiger partial charge in [0.15, 0.2) is 5.82 Å². The first-order chi connectivity index (χ1) is 12.2. The first-order valence-electron chi connectivity index (χ1n) is 8.48. The van der Waals surface area contributed by atoms with E-state index >= 15 is 0 Å². The number of hydrogen-bond acceptors (Lipinski definition) is 4. The molecule has 3 aromatic rings. The van der Waals surface area contributed by atoms with Gasteiger partial charge in [-0.3, -0.25) is 5.10 Å². The number of benzene rings is 1. The number of nitrogens with one attached hydrogen (secondary N) is 3. The summed E-state index contributed by atoms with van der Waals surface area (Å²) in [5, 5.41) is 14.0. The normalized spacial score (nSPS) is 15.0. The van der Waals surface area contributed by atoms with Gasteiger partial charge in [-0.05, 0) is 43.5 Å². The van der Waals surface area contributed by atoms with Crippen molar-refractivity contribution in [3.8, 4) is 0 Å². The summed E-state index contributed by atoms with van der Waals surface area (Å²) in [5.74, 6) is 1.98. The minimum atomic E-state index is -0.232. The Morgan fingerprint density at radius 1 is 1.12 bits per heavy atom. The number of anilines is 3. The van der Waals surface area contributed by atoms with E-state index in [1.54, 1.807) is 18.3 Å². The summed E-state index contributed by atoms with van der Waals surface area (Å²) in [4.78, 5) is 4.35. The van der Waals surface area contributed by atoms with Crippen LogP contribution >= 0.6 is 0 Å². The molecule has 0 bridgehead atoms. The second-order valence-corrected chi connectivity index (χ2v) is 6.46. The number of H-pyrrole nitrogens is 1. The van der Waals surface area contributed by atoms with Crippen LogP contribution in [0.2, 0.25) is 0 Å². The zero-order valence-corrected chi connectivity index (χ0v) is 14.0. The van der Waals surface area contributed by atoms with Crippen LogP contribution in [-0.4, -0.2) is 15.2 Å². The van der Waals surface area contributed by atoms with Crippen LogP contribution in [-0.2, 0) is 0 Å². The van der Waals surface area contributed by atoms with E-state index in [4.69, 9.17) is 0 Å². The molecule has 5 nitrogen and oxygen atoms in total. The van der Waals surface area contributed by atoms with Gasteiger partial charge in [0.2, 0.25) is 0 Å². The van der Waals surface area contributed by atoms with Gasteiger partial charge >= 0.3 is 0 Å². The molecular weight excluding hydrogens is 317 g/mol. The molecule has 1 aliphatic rings. The van der Waals surface area contributed by atoms with Crippen molar-refractivity contribution in [1.82, 2.24) is 15.2 Å². The number of aromatic nitrogens is 3. The van der Waals surface area contributed by atoms with Crippen molar-refractivity contribution in [2.24, 2.45) is 0 Å². The lowest BCUT2D eigenvalue weighted by Crippen LogP contribution is -2.08. The molecule has 2 aromatic heterocycles. The zero-order chi connectivity index (χ0) is 17.2. The second kappa shape index (κ2) is 6.55. The van der Waals surface area contributed by atoms with E-state index < -0.39 is 0 Å². The fourth-order valence-electron chi connectivity index (χ4n) is 2.80. The Hall–Kier alpha value is -2.89. The number of halogens is 1. The minimum Gasteiger partial charge on any atom is -0.363 e. The van der Waals surface area contributed by atoms with Crippen molar-refractivity contribution in [2.75, 3.05) is 10.6 Å². The van der Waals surface area contributed by atoms with E-state index in [9.17, 15) is 4.39 Å². The maximum atomic E-state index is 13.0. The number of aromatic amines is 1. The highest BCUT2D eigenvalue weighted by molar-refractivity contribution is 5.60. The number of nitrogens with zero attached hydrogens (tertiary/aromatic N) is 2. The van der Waals surface area contributed by atoms with Crippen molar-refractivity contribution >= 4 is 17.3 Å². The summed E-state index contributed by atoms with van der Waals surface area (Å²) >= 11 is 0. The summed E-state index contributed by atoms with van der Waals surface area (Å²) in [6, 6.07) is 12.4. The molecule has 0 spiro atoms. The molecule has 4 rings (SSSR count). The summed E-state index contributed by atoms with van der Waals surface area (Å²) in [7, 11) is 0.